The molecule has 20 heavy (non-hydrogen) atoms. The number of hydrogen-bond donors (Lipinski definition) is 0. The van der Waals surface area contributed by atoms with E-state index >= 15 is 0 Å². The number of hydrogen-bond acceptors (Lipinski definition) is 5. The number of rotatable bonds is 2. The topological polar surface area (TPSA) is 65.5 Å². The number of nitrogens with zero attached hydrogens (tertiary/aromatic N) is 1. The largest absolute Gasteiger partial charge is 0.496 e. The van der Waals surface area contributed by atoms with E-state index in [1.165, 1.54) is 6.26 Å². The van der Waals surface area contributed by atoms with E-state index in [1.54, 1.807) is 19.2 Å². The van der Waals surface area contributed by atoms with Crippen molar-refractivity contribution in [2.75, 3.05) is 6.26 Å². The lowest BCUT2D eigenvalue weighted by Crippen LogP contribution is -2.41. The van der Waals surface area contributed by atoms with Gasteiger partial charge in [0.15, 0.2) is 9.84 Å². The first kappa shape index (κ1) is 15.5. The Balaban J connectivity index is 2.55. The standard InChI is InChI=1S/C13H20BNO4S/c1-9-11(20(6,16)17)10(7-8-15-9)14-18-12(2,3)13(4,5)19-14/h7-8H,1-6H3. The van der Waals surface area contributed by atoms with Crippen LogP contribution in [-0.4, -0.2) is 38.0 Å². The van der Waals surface area contributed by atoms with E-state index in [-0.39, 0.29) is 4.90 Å². The van der Waals surface area contributed by atoms with Gasteiger partial charge in [0.25, 0.3) is 0 Å². The molecule has 1 saturated heterocycles. The Morgan fingerprint density at radius 2 is 1.65 bits per heavy atom. The fourth-order valence-corrected chi connectivity index (χ4v) is 3.39. The monoisotopic (exact) mass is 297 g/mol. The van der Waals surface area contributed by atoms with Gasteiger partial charge in [0, 0.05) is 17.9 Å². The van der Waals surface area contributed by atoms with E-state index in [0.717, 1.165) is 0 Å². The molecule has 7 heteroatoms. The van der Waals surface area contributed by atoms with Gasteiger partial charge in [-0.05, 0) is 40.7 Å². The van der Waals surface area contributed by atoms with Crippen molar-refractivity contribution in [3.63, 3.8) is 0 Å². The van der Waals surface area contributed by atoms with Crippen LogP contribution in [0.5, 0.6) is 0 Å². The fraction of sp³-hybridized carbons (Fsp3) is 0.615. The molecule has 0 N–H and O–H groups in total. The lowest BCUT2D eigenvalue weighted by atomic mass is 9.79. The zero-order valence-electron chi connectivity index (χ0n) is 12.7. The van der Waals surface area contributed by atoms with Gasteiger partial charge >= 0.3 is 7.12 Å². The minimum absolute atomic E-state index is 0.193. The predicted octanol–water partition coefficient (Wildman–Crippen LogP) is 1.09. The highest BCUT2D eigenvalue weighted by atomic mass is 32.2. The molecule has 0 unspecified atom stereocenters. The lowest BCUT2D eigenvalue weighted by Gasteiger charge is -2.32. The van der Waals surface area contributed by atoms with Gasteiger partial charge in [-0.3, -0.25) is 4.98 Å². The van der Waals surface area contributed by atoms with E-state index in [9.17, 15) is 8.42 Å². The molecule has 0 aliphatic carbocycles. The van der Waals surface area contributed by atoms with Gasteiger partial charge in [0.05, 0.1) is 21.8 Å². The summed E-state index contributed by atoms with van der Waals surface area (Å²) in [5.74, 6) is 0. The maximum atomic E-state index is 12.0. The van der Waals surface area contributed by atoms with Gasteiger partial charge in [0.1, 0.15) is 0 Å². The van der Waals surface area contributed by atoms with Crippen molar-refractivity contribution in [1.29, 1.82) is 0 Å². The normalized spacial score (nSPS) is 21.2. The van der Waals surface area contributed by atoms with Gasteiger partial charge in [-0.25, -0.2) is 8.42 Å². The molecule has 0 spiro atoms. The molecule has 0 bridgehead atoms. The Hall–Kier alpha value is -0.915. The number of aromatic nitrogens is 1. The lowest BCUT2D eigenvalue weighted by molar-refractivity contribution is 0.00578. The van der Waals surface area contributed by atoms with Crippen molar-refractivity contribution in [3.05, 3.63) is 18.0 Å². The minimum Gasteiger partial charge on any atom is -0.399 e. The van der Waals surface area contributed by atoms with Gasteiger partial charge in [-0.15, -0.1) is 0 Å². The van der Waals surface area contributed by atoms with Crippen LogP contribution in [0.2, 0.25) is 0 Å². The Bertz CT molecular complexity index is 624. The molecule has 1 aromatic heterocycles. The van der Waals surface area contributed by atoms with Crippen LogP contribution < -0.4 is 5.46 Å². The summed E-state index contributed by atoms with van der Waals surface area (Å²) >= 11 is 0. The average Bonchev–Trinajstić information content (AvgIpc) is 2.46. The van der Waals surface area contributed by atoms with Crippen LogP contribution >= 0.6 is 0 Å². The zero-order valence-corrected chi connectivity index (χ0v) is 13.5. The van der Waals surface area contributed by atoms with Crippen molar-refractivity contribution < 1.29 is 17.7 Å². The zero-order chi connectivity index (χ0) is 15.3. The molecule has 2 rings (SSSR count). The number of sulfone groups is 1. The third-order valence-corrected chi connectivity index (χ3v) is 5.26. The Labute approximate surface area is 120 Å². The molecule has 2 heterocycles. The highest BCUT2D eigenvalue weighted by Gasteiger charge is 2.52. The summed E-state index contributed by atoms with van der Waals surface area (Å²) < 4.78 is 35.9. The molecule has 0 aromatic carbocycles. The van der Waals surface area contributed by atoms with Crippen LogP contribution in [0.15, 0.2) is 17.2 Å². The van der Waals surface area contributed by atoms with Crippen molar-refractivity contribution in [2.24, 2.45) is 0 Å². The predicted molar refractivity (Wildman–Crippen MR) is 77.8 cm³/mol. The Kier molecular flexibility index (Phi) is 3.52. The van der Waals surface area contributed by atoms with Crippen LogP contribution in [0.25, 0.3) is 0 Å². The quantitative estimate of drug-likeness (QED) is 0.765. The Morgan fingerprint density at radius 3 is 2.10 bits per heavy atom. The molecular weight excluding hydrogens is 277 g/mol. The first-order valence-electron chi connectivity index (χ1n) is 6.47. The van der Waals surface area contributed by atoms with Crippen molar-refractivity contribution in [2.45, 2.75) is 50.7 Å². The van der Waals surface area contributed by atoms with Crippen LogP contribution in [0.4, 0.5) is 0 Å². The van der Waals surface area contributed by atoms with Gasteiger partial charge in [-0.1, -0.05) is 0 Å². The second-order valence-electron chi connectivity index (χ2n) is 6.18. The first-order chi connectivity index (χ1) is 8.96. The summed E-state index contributed by atoms with van der Waals surface area (Å²) in [6, 6.07) is 1.64. The van der Waals surface area contributed by atoms with Gasteiger partial charge in [0.2, 0.25) is 0 Å². The van der Waals surface area contributed by atoms with Gasteiger partial charge in [-0.2, -0.15) is 0 Å². The van der Waals surface area contributed by atoms with Crippen molar-refractivity contribution in [1.82, 2.24) is 4.98 Å². The smallest absolute Gasteiger partial charge is 0.399 e. The van der Waals surface area contributed by atoms with E-state index in [2.05, 4.69) is 4.98 Å². The van der Waals surface area contributed by atoms with Gasteiger partial charge < -0.3 is 9.31 Å². The summed E-state index contributed by atoms with van der Waals surface area (Å²) in [5, 5.41) is 0. The number of aryl methyl sites for hydroxylation is 1. The third kappa shape index (κ3) is 2.50. The Morgan fingerprint density at radius 1 is 1.15 bits per heavy atom. The maximum Gasteiger partial charge on any atom is 0.496 e. The molecule has 1 aromatic rings. The van der Waals surface area contributed by atoms with Crippen LogP contribution in [0.1, 0.15) is 33.4 Å². The highest BCUT2D eigenvalue weighted by molar-refractivity contribution is 7.91. The summed E-state index contributed by atoms with van der Waals surface area (Å²) in [4.78, 5) is 4.25. The summed E-state index contributed by atoms with van der Waals surface area (Å²) in [6.07, 6.45) is 2.75. The molecule has 1 aliphatic heterocycles. The molecule has 0 saturated carbocycles. The third-order valence-electron chi connectivity index (χ3n) is 3.99. The highest BCUT2D eigenvalue weighted by Crippen LogP contribution is 2.37. The summed E-state index contributed by atoms with van der Waals surface area (Å²) in [6.45, 7) is 9.40. The molecule has 0 amide bonds. The maximum absolute atomic E-state index is 12.0. The van der Waals surface area contributed by atoms with E-state index in [0.29, 0.717) is 11.2 Å². The molecular formula is C13H20BNO4S. The summed E-state index contributed by atoms with van der Waals surface area (Å²) in [5.41, 5.74) is -0.0499. The van der Waals surface area contributed by atoms with Crippen LogP contribution in [0, 0.1) is 6.92 Å². The number of pyridine rings is 1. The molecule has 1 aliphatic rings. The minimum atomic E-state index is -3.40. The second-order valence-corrected chi connectivity index (χ2v) is 8.13. The van der Waals surface area contributed by atoms with E-state index in [4.69, 9.17) is 9.31 Å². The summed E-state index contributed by atoms with van der Waals surface area (Å²) in [7, 11) is -4.10. The first-order valence-corrected chi connectivity index (χ1v) is 8.36. The molecule has 0 atom stereocenters. The average molecular weight is 297 g/mol. The second kappa shape index (κ2) is 4.54. The molecule has 0 radical (unpaired) electrons. The van der Waals surface area contributed by atoms with E-state index < -0.39 is 28.2 Å². The van der Waals surface area contributed by atoms with Crippen LogP contribution in [0.3, 0.4) is 0 Å². The molecule has 110 valence electrons. The fourth-order valence-electron chi connectivity index (χ4n) is 2.21. The van der Waals surface area contributed by atoms with Crippen molar-refractivity contribution in [3.8, 4) is 0 Å². The van der Waals surface area contributed by atoms with Crippen LogP contribution in [-0.2, 0) is 19.1 Å². The van der Waals surface area contributed by atoms with Crippen molar-refractivity contribution >= 4 is 22.4 Å². The molecule has 5 nitrogen and oxygen atoms in total. The van der Waals surface area contributed by atoms with E-state index in [1.807, 2.05) is 27.7 Å². The molecule has 1 fully saturated rings. The SMILES string of the molecule is Cc1nccc(B2OC(C)(C)C(C)(C)O2)c1S(C)(=O)=O.